The lowest BCUT2D eigenvalue weighted by Gasteiger charge is -2.42. The highest BCUT2D eigenvalue weighted by Crippen LogP contribution is 2.34. The summed E-state index contributed by atoms with van der Waals surface area (Å²) in [6, 6.07) is 7.62. The van der Waals surface area contributed by atoms with Gasteiger partial charge in [-0.05, 0) is 42.9 Å². The summed E-state index contributed by atoms with van der Waals surface area (Å²) < 4.78 is 5.85. The molecule has 1 aliphatic rings. The Morgan fingerprint density at radius 3 is 2.48 bits per heavy atom. The third-order valence-corrected chi connectivity index (χ3v) is 4.29. The first kappa shape index (κ1) is 18.0. The summed E-state index contributed by atoms with van der Waals surface area (Å²) in [4.78, 5) is 13.6. The molecule has 1 saturated heterocycles. The Labute approximate surface area is 139 Å². The molecule has 4 nitrogen and oxygen atoms in total. The molecule has 2 rings (SSSR count). The summed E-state index contributed by atoms with van der Waals surface area (Å²) >= 11 is 0. The fourth-order valence-electron chi connectivity index (χ4n) is 3.36. The van der Waals surface area contributed by atoms with E-state index in [9.17, 15) is 4.79 Å². The van der Waals surface area contributed by atoms with E-state index >= 15 is 0 Å². The second kappa shape index (κ2) is 7.45. The van der Waals surface area contributed by atoms with Crippen molar-refractivity contribution in [1.82, 2.24) is 4.90 Å². The topological polar surface area (TPSA) is 49.8 Å². The van der Waals surface area contributed by atoms with Gasteiger partial charge in [0.2, 0.25) is 0 Å². The van der Waals surface area contributed by atoms with Crippen LogP contribution in [0.25, 0.3) is 0 Å². The highest BCUT2D eigenvalue weighted by molar-refractivity contribution is 5.87. The smallest absolute Gasteiger partial charge is 0.335 e. The summed E-state index contributed by atoms with van der Waals surface area (Å²) in [5.41, 5.74) is 1.76. The normalized spacial score (nSPS) is 23.0. The van der Waals surface area contributed by atoms with Crippen LogP contribution in [0.1, 0.15) is 62.5 Å². The van der Waals surface area contributed by atoms with Gasteiger partial charge < -0.3 is 9.84 Å². The summed E-state index contributed by atoms with van der Waals surface area (Å²) in [5, 5.41) is 9.07. The van der Waals surface area contributed by atoms with E-state index in [0.29, 0.717) is 17.7 Å². The van der Waals surface area contributed by atoms with Crippen molar-refractivity contribution >= 4 is 5.97 Å². The van der Waals surface area contributed by atoms with Crippen LogP contribution < -0.4 is 0 Å². The van der Waals surface area contributed by atoms with Crippen molar-refractivity contribution in [1.29, 1.82) is 0 Å². The minimum atomic E-state index is -0.876. The van der Waals surface area contributed by atoms with Crippen LogP contribution >= 0.6 is 0 Å². The Morgan fingerprint density at radius 1 is 1.30 bits per heavy atom. The van der Waals surface area contributed by atoms with Crippen molar-refractivity contribution in [2.45, 2.75) is 52.7 Å². The third-order valence-electron chi connectivity index (χ3n) is 4.29. The van der Waals surface area contributed by atoms with E-state index in [0.717, 1.165) is 32.5 Å². The molecule has 0 amide bonds. The second-order valence-corrected chi connectivity index (χ2v) is 7.58. The van der Waals surface area contributed by atoms with E-state index in [1.165, 1.54) is 5.56 Å². The van der Waals surface area contributed by atoms with Gasteiger partial charge in [0.15, 0.2) is 0 Å². The molecule has 0 spiro atoms. The zero-order chi connectivity index (χ0) is 17.0. The standard InChI is InChI=1S/C19H29NO3/c1-5-23-16-10-11-20(13-19(2,3)4)17(12-16)14-6-8-15(9-7-14)18(21)22/h6-9,16-17H,5,10-13H2,1-4H3,(H,21,22)/t16-,17-/m0/s1. The predicted octanol–water partition coefficient (Wildman–Crippen LogP) is 3.97. The number of nitrogens with zero attached hydrogens (tertiary/aromatic N) is 1. The van der Waals surface area contributed by atoms with Gasteiger partial charge in [0.1, 0.15) is 0 Å². The van der Waals surface area contributed by atoms with Gasteiger partial charge in [-0.25, -0.2) is 4.79 Å². The maximum atomic E-state index is 11.0. The number of carboxylic acids is 1. The molecule has 1 heterocycles. The van der Waals surface area contributed by atoms with Crippen molar-refractivity contribution in [3.63, 3.8) is 0 Å². The third kappa shape index (κ3) is 5.05. The van der Waals surface area contributed by atoms with E-state index in [1.54, 1.807) is 12.1 Å². The van der Waals surface area contributed by atoms with Crippen molar-refractivity contribution in [3.8, 4) is 0 Å². The largest absolute Gasteiger partial charge is 0.478 e. The number of hydrogen-bond acceptors (Lipinski definition) is 3. The molecule has 4 heteroatoms. The van der Waals surface area contributed by atoms with Crippen LogP contribution in [0.5, 0.6) is 0 Å². The average molecular weight is 319 g/mol. The molecule has 1 N–H and O–H groups in total. The van der Waals surface area contributed by atoms with Crippen LogP contribution in [-0.4, -0.2) is 41.8 Å². The lowest BCUT2D eigenvalue weighted by Crippen LogP contribution is -2.43. The zero-order valence-corrected chi connectivity index (χ0v) is 14.7. The van der Waals surface area contributed by atoms with Gasteiger partial charge in [-0.2, -0.15) is 0 Å². The van der Waals surface area contributed by atoms with Crippen LogP contribution in [0.2, 0.25) is 0 Å². The first-order chi connectivity index (χ1) is 10.8. The number of benzene rings is 1. The van der Waals surface area contributed by atoms with Crippen LogP contribution in [0, 0.1) is 5.41 Å². The van der Waals surface area contributed by atoms with Gasteiger partial charge in [0.05, 0.1) is 11.7 Å². The fraction of sp³-hybridized carbons (Fsp3) is 0.632. The quantitative estimate of drug-likeness (QED) is 0.892. The number of ether oxygens (including phenoxy) is 1. The molecule has 0 unspecified atom stereocenters. The number of carboxylic acid groups (broad SMARTS) is 1. The molecule has 1 fully saturated rings. The molecule has 23 heavy (non-hydrogen) atoms. The number of aromatic carboxylic acids is 1. The van der Waals surface area contributed by atoms with E-state index < -0.39 is 5.97 Å². The van der Waals surface area contributed by atoms with Gasteiger partial charge in [-0.1, -0.05) is 32.9 Å². The molecule has 0 saturated carbocycles. The van der Waals surface area contributed by atoms with E-state index in [2.05, 4.69) is 25.7 Å². The summed E-state index contributed by atoms with van der Waals surface area (Å²) in [5.74, 6) is -0.876. The molecule has 128 valence electrons. The molecule has 0 bridgehead atoms. The van der Waals surface area contributed by atoms with Gasteiger partial charge in [0, 0.05) is 25.7 Å². The first-order valence-corrected chi connectivity index (χ1v) is 8.49. The fourth-order valence-corrected chi connectivity index (χ4v) is 3.36. The minimum Gasteiger partial charge on any atom is -0.478 e. The molecule has 2 atom stereocenters. The Morgan fingerprint density at radius 2 is 1.96 bits per heavy atom. The summed E-state index contributed by atoms with van der Waals surface area (Å²) in [7, 11) is 0. The SMILES string of the molecule is CCO[C@H]1CCN(CC(C)(C)C)[C@H](c2ccc(C(=O)O)cc2)C1. The highest BCUT2D eigenvalue weighted by atomic mass is 16.5. The minimum absolute atomic E-state index is 0.234. The summed E-state index contributed by atoms with van der Waals surface area (Å²) in [6.45, 7) is 11.6. The van der Waals surface area contributed by atoms with Crippen molar-refractivity contribution in [3.05, 3.63) is 35.4 Å². The molecular weight excluding hydrogens is 290 g/mol. The van der Waals surface area contributed by atoms with E-state index in [4.69, 9.17) is 9.84 Å². The maximum absolute atomic E-state index is 11.0. The van der Waals surface area contributed by atoms with Gasteiger partial charge in [-0.15, -0.1) is 0 Å². The second-order valence-electron chi connectivity index (χ2n) is 7.58. The van der Waals surface area contributed by atoms with E-state index in [-0.39, 0.29) is 5.41 Å². The molecular formula is C19H29NO3. The Hall–Kier alpha value is -1.39. The average Bonchev–Trinajstić information content (AvgIpc) is 2.48. The zero-order valence-electron chi connectivity index (χ0n) is 14.7. The van der Waals surface area contributed by atoms with Crippen LogP contribution in [-0.2, 0) is 4.74 Å². The van der Waals surface area contributed by atoms with Crippen molar-refractivity contribution < 1.29 is 14.6 Å². The van der Waals surface area contributed by atoms with E-state index in [1.807, 2.05) is 19.1 Å². The lowest BCUT2D eigenvalue weighted by molar-refractivity contribution is -0.0198. The molecule has 1 aliphatic heterocycles. The molecule has 0 aliphatic carbocycles. The lowest BCUT2D eigenvalue weighted by atomic mass is 9.88. The summed E-state index contributed by atoms with van der Waals surface area (Å²) in [6.07, 6.45) is 2.32. The molecule has 1 aromatic rings. The molecule has 1 aromatic carbocycles. The van der Waals surface area contributed by atoms with Crippen LogP contribution in [0.4, 0.5) is 0 Å². The van der Waals surface area contributed by atoms with Crippen molar-refractivity contribution in [2.24, 2.45) is 5.41 Å². The maximum Gasteiger partial charge on any atom is 0.335 e. The number of piperidine rings is 1. The molecule has 0 radical (unpaired) electrons. The van der Waals surface area contributed by atoms with Gasteiger partial charge in [-0.3, -0.25) is 4.90 Å². The van der Waals surface area contributed by atoms with Crippen LogP contribution in [0.15, 0.2) is 24.3 Å². The van der Waals surface area contributed by atoms with Gasteiger partial charge >= 0.3 is 5.97 Å². The number of rotatable bonds is 5. The Bertz CT molecular complexity index is 518. The predicted molar refractivity (Wildman–Crippen MR) is 91.8 cm³/mol. The number of hydrogen-bond donors (Lipinski definition) is 1. The van der Waals surface area contributed by atoms with Gasteiger partial charge in [0.25, 0.3) is 0 Å². The Balaban J connectivity index is 2.20. The van der Waals surface area contributed by atoms with Crippen LogP contribution in [0.3, 0.4) is 0 Å². The van der Waals surface area contributed by atoms with Crippen molar-refractivity contribution in [2.75, 3.05) is 19.7 Å². The monoisotopic (exact) mass is 319 g/mol. The Kier molecular flexibility index (Phi) is 5.82. The molecule has 0 aromatic heterocycles. The number of likely N-dealkylation sites (tertiary alicyclic amines) is 1. The first-order valence-electron chi connectivity index (χ1n) is 8.49. The highest BCUT2D eigenvalue weighted by Gasteiger charge is 2.32. The number of carbonyl (C=O) groups is 1.